The van der Waals surface area contributed by atoms with Crippen molar-refractivity contribution in [1.29, 1.82) is 0 Å². The topological polar surface area (TPSA) is 26.3 Å². The van der Waals surface area contributed by atoms with E-state index in [1.165, 1.54) is 11.1 Å². The number of allylic oxidation sites excluding steroid dienone is 1. The lowest BCUT2D eigenvalue weighted by Gasteiger charge is -2.22. The Hall–Kier alpha value is -1.05. The molecule has 0 atom stereocenters. The number of carbonyl (C=O) groups excluding carboxylic acids is 1. The van der Waals surface area contributed by atoms with E-state index in [2.05, 4.69) is 13.8 Å². The van der Waals surface area contributed by atoms with E-state index in [1.807, 2.05) is 27.7 Å². The fraction of sp³-hybridized carbons (Fsp3) is 0.583. The van der Waals surface area contributed by atoms with E-state index in [0.717, 1.165) is 11.1 Å². The maximum Gasteiger partial charge on any atom is 0.335 e. The second-order valence-corrected chi connectivity index (χ2v) is 4.52. The smallest absolute Gasteiger partial charge is 0.335 e. The summed E-state index contributed by atoms with van der Waals surface area (Å²) in [4.78, 5) is 11.4. The van der Waals surface area contributed by atoms with E-state index >= 15 is 0 Å². The zero-order valence-electron chi connectivity index (χ0n) is 9.82. The monoisotopic (exact) mass is 194 g/mol. The van der Waals surface area contributed by atoms with Gasteiger partial charge in [0.15, 0.2) is 0 Å². The van der Waals surface area contributed by atoms with Gasteiger partial charge in [0, 0.05) is 11.1 Å². The third-order valence-electron chi connectivity index (χ3n) is 2.76. The molecular weight excluding hydrogens is 176 g/mol. The van der Waals surface area contributed by atoms with Crippen molar-refractivity contribution in [3.05, 3.63) is 22.3 Å². The van der Waals surface area contributed by atoms with Crippen LogP contribution in [0.4, 0.5) is 0 Å². The molecule has 0 bridgehead atoms. The van der Waals surface area contributed by atoms with Gasteiger partial charge in [-0.25, -0.2) is 4.79 Å². The summed E-state index contributed by atoms with van der Waals surface area (Å²) in [5.41, 5.74) is 3.71. The molecule has 0 saturated carbocycles. The van der Waals surface area contributed by atoms with Crippen LogP contribution in [0.15, 0.2) is 22.3 Å². The Morgan fingerprint density at radius 2 is 1.71 bits per heavy atom. The van der Waals surface area contributed by atoms with Crippen LogP contribution in [0.25, 0.3) is 0 Å². The van der Waals surface area contributed by atoms with Crippen LogP contribution in [0.1, 0.15) is 41.5 Å². The van der Waals surface area contributed by atoms with Crippen LogP contribution in [0.2, 0.25) is 0 Å². The molecular formula is C12H18O2. The van der Waals surface area contributed by atoms with Gasteiger partial charge < -0.3 is 4.74 Å². The Morgan fingerprint density at radius 3 is 2.00 bits per heavy atom. The largest absolute Gasteiger partial charge is 0.451 e. The molecule has 0 unspecified atom stereocenters. The Labute approximate surface area is 85.6 Å². The average Bonchev–Trinajstić information content (AvgIpc) is 2.20. The molecule has 0 aromatic rings. The van der Waals surface area contributed by atoms with E-state index in [0.29, 0.717) is 0 Å². The molecule has 0 amide bonds. The van der Waals surface area contributed by atoms with Crippen molar-refractivity contribution in [2.24, 2.45) is 0 Å². The molecule has 0 aromatic heterocycles. The molecule has 1 aliphatic rings. The predicted molar refractivity (Wildman–Crippen MR) is 56.9 cm³/mol. The van der Waals surface area contributed by atoms with Crippen molar-refractivity contribution in [2.75, 3.05) is 0 Å². The number of rotatable bonds is 1. The molecule has 0 saturated heterocycles. The van der Waals surface area contributed by atoms with Crippen LogP contribution in [-0.2, 0) is 9.53 Å². The summed E-state index contributed by atoms with van der Waals surface area (Å²) < 4.78 is 5.30. The molecule has 2 nitrogen and oxygen atoms in total. The Balaban J connectivity index is 3.32. The fourth-order valence-electron chi connectivity index (χ4n) is 1.90. The quantitative estimate of drug-likeness (QED) is 0.600. The molecule has 0 fully saturated rings. The van der Waals surface area contributed by atoms with E-state index in [-0.39, 0.29) is 5.97 Å². The molecule has 0 spiro atoms. The van der Waals surface area contributed by atoms with Gasteiger partial charge in [-0.3, -0.25) is 0 Å². The SMILES string of the molecule is CC(C)=C(C)C1=C(C)C(=O)OC1(C)C. The highest BCUT2D eigenvalue weighted by Crippen LogP contribution is 2.37. The van der Waals surface area contributed by atoms with Gasteiger partial charge in [0.2, 0.25) is 0 Å². The van der Waals surface area contributed by atoms with E-state index in [1.54, 1.807) is 0 Å². The molecule has 14 heavy (non-hydrogen) atoms. The van der Waals surface area contributed by atoms with E-state index in [4.69, 9.17) is 4.74 Å². The van der Waals surface area contributed by atoms with E-state index in [9.17, 15) is 4.79 Å². The fourth-order valence-corrected chi connectivity index (χ4v) is 1.90. The highest BCUT2D eigenvalue weighted by atomic mass is 16.6. The maximum atomic E-state index is 11.4. The van der Waals surface area contributed by atoms with Gasteiger partial charge >= 0.3 is 5.97 Å². The molecule has 1 heterocycles. The van der Waals surface area contributed by atoms with Crippen molar-refractivity contribution in [3.8, 4) is 0 Å². The van der Waals surface area contributed by atoms with Crippen molar-refractivity contribution in [2.45, 2.75) is 47.1 Å². The van der Waals surface area contributed by atoms with Gasteiger partial charge in [-0.1, -0.05) is 5.57 Å². The summed E-state index contributed by atoms with van der Waals surface area (Å²) in [7, 11) is 0. The number of esters is 1. The number of hydrogen-bond acceptors (Lipinski definition) is 2. The molecule has 0 aromatic carbocycles. The zero-order valence-corrected chi connectivity index (χ0v) is 9.82. The summed E-state index contributed by atoms with van der Waals surface area (Å²) >= 11 is 0. The summed E-state index contributed by atoms with van der Waals surface area (Å²) in [6.07, 6.45) is 0. The first-order valence-corrected chi connectivity index (χ1v) is 4.86. The van der Waals surface area contributed by atoms with Crippen molar-refractivity contribution in [3.63, 3.8) is 0 Å². The second-order valence-electron chi connectivity index (χ2n) is 4.52. The highest BCUT2D eigenvalue weighted by Gasteiger charge is 2.38. The molecule has 1 rings (SSSR count). The average molecular weight is 194 g/mol. The van der Waals surface area contributed by atoms with Gasteiger partial charge in [0.1, 0.15) is 5.60 Å². The van der Waals surface area contributed by atoms with Crippen LogP contribution in [0.5, 0.6) is 0 Å². The van der Waals surface area contributed by atoms with Crippen molar-refractivity contribution >= 4 is 5.97 Å². The first kappa shape index (κ1) is 11.0. The minimum Gasteiger partial charge on any atom is -0.451 e. The number of ether oxygens (including phenoxy) is 1. The predicted octanol–water partition coefficient (Wildman–Crippen LogP) is 2.99. The first-order chi connectivity index (χ1) is 6.27. The van der Waals surface area contributed by atoms with Crippen molar-refractivity contribution < 1.29 is 9.53 Å². The first-order valence-electron chi connectivity index (χ1n) is 4.86. The summed E-state index contributed by atoms with van der Waals surface area (Å²) in [6, 6.07) is 0. The van der Waals surface area contributed by atoms with Gasteiger partial charge in [-0.15, -0.1) is 0 Å². The van der Waals surface area contributed by atoms with Crippen LogP contribution < -0.4 is 0 Å². The number of carbonyl (C=O) groups is 1. The normalized spacial score (nSPS) is 19.7. The Morgan fingerprint density at radius 1 is 1.21 bits per heavy atom. The summed E-state index contributed by atoms with van der Waals surface area (Å²) in [6.45, 7) is 11.8. The molecule has 0 N–H and O–H groups in total. The minimum atomic E-state index is -0.470. The lowest BCUT2D eigenvalue weighted by Crippen LogP contribution is -2.24. The van der Waals surface area contributed by atoms with Crippen LogP contribution in [0, 0.1) is 0 Å². The van der Waals surface area contributed by atoms with Crippen LogP contribution in [0.3, 0.4) is 0 Å². The third-order valence-corrected chi connectivity index (χ3v) is 2.76. The zero-order chi connectivity index (χ0) is 11.1. The van der Waals surface area contributed by atoms with Gasteiger partial charge in [0.25, 0.3) is 0 Å². The molecule has 1 aliphatic heterocycles. The van der Waals surface area contributed by atoms with Crippen molar-refractivity contribution in [1.82, 2.24) is 0 Å². The third kappa shape index (κ3) is 1.61. The minimum absolute atomic E-state index is 0.189. The maximum absolute atomic E-state index is 11.4. The van der Waals surface area contributed by atoms with Gasteiger partial charge in [0.05, 0.1) is 0 Å². The number of cyclic esters (lactones) is 1. The molecule has 78 valence electrons. The molecule has 2 heteroatoms. The number of hydrogen-bond donors (Lipinski definition) is 0. The standard InChI is InChI=1S/C12H18O2/c1-7(2)8(3)10-9(4)11(13)14-12(10,5)6/h1-6H3. The van der Waals surface area contributed by atoms with Gasteiger partial charge in [-0.2, -0.15) is 0 Å². The Bertz CT molecular complexity index is 339. The van der Waals surface area contributed by atoms with Gasteiger partial charge in [-0.05, 0) is 47.1 Å². The lowest BCUT2D eigenvalue weighted by atomic mass is 9.88. The molecule has 0 radical (unpaired) electrons. The van der Waals surface area contributed by atoms with E-state index < -0.39 is 5.60 Å². The van der Waals surface area contributed by atoms with Crippen LogP contribution >= 0.6 is 0 Å². The lowest BCUT2D eigenvalue weighted by molar-refractivity contribution is -0.144. The summed E-state index contributed by atoms with van der Waals surface area (Å²) in [5, 5.41) is 0. The summed E-state index contributed by atoms with van der Waals surface area (Å²) in [5.74, 6) is -0.189. The highest BCUT2D eigenvalue weighted by molar-refractivity contribution is 5.93. The van der Waals surface area contributed by atoms with Crippen LogP contribution in [-0.4, -0.2) is 11.6 Å². The second kappa shape index (κ2) is 3.26. The Kier molecular flexibility index (Phi) is 2.57. The molecule has 0 aliphatic carbocycles.